The van der Waals surface area contributed by atoms with Crippen molar-refractivity contribution in [2.75, 3.05) is 12.3 Å². The van der Waals surface area contributed by atoms with Crippen LogP contribution in [-0.2, 0) is 12.8 Å². The first-order valence-corrected chi connectivity index (χ1v) is 16.0. The first-order valence-electron chi connectivity index (χ1n) is 16.0. The highest BCUT2D eigenvalue weighted by molar-refractivity contribution is 5.42. The standard InChI is InChI=1S/C35H49N3O4/c1-2-35-14-3-6-30(27(23-35)11-15-35)32(41)22-29(39)9-7-24-8-10-31(40)33(19-24)42-18-13-26(20-28-5-4-16-37-28)25-12-17-38-34(36)21-25/h4-5,8,10,12,16-17,19,21,26-27,29-30,32,37,39-41H,2-3,6-7,9,11,13-15,18,20,22-23H2,1H3,(H2,36,38). The Morgan fingerprint density at radius 2 is 2.00 bits per heavy atom. The Balaban J connectivity index is 1.12. The molecular weight excluding hydrogens is 526 g/mol. The maximum absolute atomic E-state index is 11.1. The second kappa shape index (κ2) is 14.0. The van der Waals surface area contributed by atoms with E-state index in [9.17, 15) is 15.3 Å². The average molecular weight is 576 g/mol. The van der Waals surface area contributed by atoms with Crippen LogP contribution in [0.3, 0.4) is 0 Å². The van der Waals surface area contributed by atoms with Gasteiger partial charge >= 0.3 is 0 Å². The number of aromatic amines is 1. The molecule has 6 unspecified atom stereocenters. The molecule has 1 aromatic carbocycles. The van der Waals surface area contributed by atoms with Crippen molar-refractivity contribution < 1.29 is 20.1 Å². The summed E-state index contributed by atoms with van der Waals surface area (Å²) in [6.45, 7) is 2.75. The Labute approximate surface area is 250 Å². The van der Waals surface area contributed by atoms with Crippen molar-refractivity contribution in [3.8, 4) is 11.5 Å². The van der Waals surface area contributed by atoms with E-state index >= 15 is 0 Å². The van der Waals surface area contributed by atoms with E-state index in [-0.39, 0.29) is 11.7 Å². The van der Waals surface area contributed by atoms with Crippen LogP contribution >= 0.6 is 0 Å². The number of phenolic OH excluding ortho intramolecular Hbond substituents is 1. The third-order valence-electron chi connectivity index (χ3n) is 10.3. The molecule has 0 spiro atoms. The third-order valence-corrected chi connectivity index (χ3v) is 10.3. The first-order chi connectivity index (χ1) is 20.3. The molecule has 5 rings (SSSR count). The summed E-state index contributed by atoms with van der Waals surface area (Å²) in [5, 5.41) is 32.4. The van der Waals surface area contributed by atoms with Gasteiger partial charge in [0.05, 0.1) is 18.8 Å². The van der Waals surface area contributed by atoms with Crippen LogP contribution in [-0.4, -0.2) is 44.1 Å². The molecule has 7 nitrogen and oxygen atoms in total. The van der Waals surface area contributed by atoms with Gasteiger partial charge in [0.15, 0.2) is 11.5 Å². The van der Waals surface area contributed by atoms with Gasteiger partial charge in [0.2, 0.25) is 0 Å². The monoisotopic (exact) mass is 575 g/mol. The maximum atomic E-state index is 11.1. The minimum absolute atomic E-state index is 0.108. The molecule has 2 heterocycles. The zero-order valence-electron chi connectivity index (χ0n) is 25.0. The molecule has 2 saturated carbocycles. The number of nitrogens with zero attached hydrogens (tertiary/aromatic N) is 1. The van der Waals surface area contributed by atoms with Gasteiger partial charge in [0.25, 0.3) is 0 Å². The molecule has 6 atom stereocenters. The fraction of sp³-hybridized carbons (Fsp3) is 0.571. The smallest absolute Gasteiger partial charge is 0.161 e. The predicted octanol–water partition coefficient (Wildman–Crippen LogP) is 6.53. The Bertz CT molecular complexity index is 1260. The number of aliphatic hydroxyl groups excluding tert-OH is 2. The van der Waals surface area contributed by atoms with Crippen molar-refractivity contribution in [1.29, 1.82) is 0 Å². The second-order valence-electron chi connectivity index (χ2n) is 13.0. The minimum Gasteiger partial charge on any atom is -0.504 e. The minimum atomic E-state index is -0.555. The van der Waals surface area contributed by atoms with Gasteiger partial charge in [-0.15, -0.1) is 0 Å². The molecule has 42 heavy (non-hydrogen) atoms. The summed E-state index contributed by atoms with van der Waals surface area (Å²) in [6.07, 6.45) is 14.5. The second-order valence-corrected chi connectivity index (χ2v) is 13.0. The normalized spacial score (nSPS) is 24.2. The van der Waals surface area contributed by atoms with Gasteiger partial charge in [-0.3, -0.25) is 0 Å². The molecule has 0 aliphatic heterocycles. The Morgan fingerprint density at radius 1 is 1.12 bits per heavy atom. The van der Waals surface area contributed by atoms with E-state index in [1.807, 2.05) is 36.5 Å². The van der Waals surface area contributed by atoms with Crippen molar-refractivity contribution in [3.05, 3.63) is 71.7 Å². The lowest BCUT2D eigenvalue weighted by molar-refractivity contribution is 0.0183. The van der Waals surface area contributed by atoms with E-state index in [0.717, 1.165) is 36.1 Å². The van der Waals surface area contributed by atoms with Crippen LogP contribution in [0.15, 0.2) is 54.9 Å². The van der Waals surface area contributed by atoms with E-state index in [4.69, 9.17) is 10.5 Å². The van der Waals surface area contributed by atoms with Crippen LogP contribution in [0.4, 0.5) is 5.82 Å². The van der Waals surface area contributed by atoms with Crippen LogP contribution in [0.5, 0.6) is 11.5 Å². The number of benzene rings is 1. The van der Waals surface area contributed by atoms with Gasteiger partial charge in [-0.1, -0.05) is 25.8 Å². The summed E-state index contributed by atoms with van der Waals surface area (Å²) in [5.74, 6) is 2.15. The molecule has 0 amide bonds. The number of pyridine rings is 1. The molecule has 228 valence electrons. The van der Waals surface area contributed by atoms with Crippen molar-refractivity contribution >= 4 is 5.82 Å². The van der Waals surface area contributed by atoms with Crippen molar-refractivity contribution in [3.63, 3.8) is 0 Å². The quantitative estimate of drug-likeness (QED) is 0.149. The molecule has 2 fully saturated rings. The molecule has 2 aliphatic rings. The number of fused-ring (bicyclic) bond motifs is 2. The summed E-state index contributed by atoms with van der Waals surface area (Å²) < 4.78 is 6.08. The Hall–Kier alpha value is -3.03. The summed E-state index contributed by atoms with van der Waals surface area (Å²) in [7, 11) is 0. The van der Waals surface area contributed by atoms with E-state index in [1.54, 1.807) is 12.3 Å². The lowest BCUT2D eigenvalue weighted by atomic mass is 9.79. The van der Waals surface area contributed by atoms with Crippen LogP contribution in [0, 0.1) is 17.3 Å². The van der Waals surface area contributed by atoms with Crippen molar-refractivity contribution in [2.45, 2.75) is 102 Å². The average Bonchev–Trinajstić information content (AvgIpc) is 3.60. The van der Waals surface area contributed by atoms with E-state index in [1.165, 1.54) is 38.5 Å². The molecule has 2 bridgehead atoms. The number of nitrogen functional groups attached to an aromatic ring is 1. The van der Waals surface area contributed by atoms with Crippen molar-refractivity contribution in [2.24, 2.45) is 17.3 Å². The highest BCUT2D eigenvalue weighted by atomic mass is 16.5. The summed E-state index contributed by atoms with van der Waals surface area (Å²) in [6, 6.07) is 13.4. The molecule has 3 aromatic rings. The third kappa shape index (κ3) is 7.67. The number of aromatic nitrogens is 2. The Morgan fingerprint density at radius 3 is 2.79 bits per heavy atom. The van der Waals surface area contributed by atoms with Crippen LogP contribution in [0.2, 0.25) is 0 Å². The number of rotatable bonds is 14. The fourth-order valence-corrected chi connectivity index (χ4v) is 7.71. The van der Waals surface area contributed by atoms with Gasteiger partial charge in [0.1, 0.15) is 5.82 Å². The molecule has 2 aromatic heterocycles. The number of nitrogens with two attached hydrogens (primary N) is 1. The SMILES string of the molecule is CCC12CCCC(C(O)CC(O)CCc3ccc(O)c(OCCC(Cc4ccc[nH]4)c4ccnc(N)c4)c3)C(CC1)C2. The molecule has 0 radical (unpaired) electrons. The summed E-state index contributed by atoms with van der Waals surface area (Å²) in [5.41, 5.74) is 9.71. The zero-order chi connectivity index (χ0) is 29.5. The topological polar surface area (TPSA) is 125 Å². The number of aliphatic hydroxyl groups is 2. The number of hydrogen-bond acceptors (Lipinski definition) is 6. The van der Waals surface area contributed by atoms with Gasteiger partial charge in [-0.25, -0.2) is 4.98 Å². The van der Waals surface area contributed by atoms with Gasteiger partial charge in [-0.2, -0.15) is 0 Å². The van der Waals surface area contributed by atoms with E-state index in [2.05, 4.69) is 23.0 Å². The zero-order valence-corrected chi connectivity index (χ0v) is 25.0. The van der Waals surface area contributed by atoms with Crippen LogP contribution < -0.4 is 10.5 Å². The first kappa shape index (κ1) is 30.4. The predicted molar refractivity (Wildman–Crippen MR) is 166 cm³/mol. The highest BCUT2D eigenvalue weighted by Gasteiger charge is 2.44. The molecule has 7 heteroatoms. The number of anilines is 1. The van der Waals surface area contributed by atoms with Gasteiger partial charge in [0, 0.05) is 18.1 Å². The van der Waals surface area contributed by atoms with E-state index < -0.39 is 12.2 Å². The number of hydrogen-bond donors (Lipinski definition) is 5. The van der Waals surface area contributed by atoms with Crippen LogP contribution in [0.25, 0.3) is 0 Å². The van der Waals surface area contributed by atoms with Crippen LogP contribution in [0.1, 0.15) is 93.9 Å². The molecule has 0 saturated heterocycles. The number of aromatic hydroxyl groups is 1. The van der Waals surface area contributed by atoms with Gasteiger partial charge in [-0.05, 0) is 135 Å². The number of H-pyrrole nitrogens is 1. The lowest BCUT2D eigenvalue weighted by Gasteiger charge is -2.29. The number of aryl methyl sites for hydroxylation is 1. The van der Waals surface area contributed by atoms with E-state index in [0.29, 0.717) is 54.7 Å². The largest absolute Gasteiger partial charge is 0.504 e. The fourth-order valence-electron chi connectivity index (χ4n) is 7.71. The van der Waals surface area contributed by atoms with Gasteiger partial charge < -0.3 is 30.8 Å². The Kier molecular flexibility index (Phi) is 10.1. The molecule has 2 aliphatic carbocycles. The maximum Gasteiger partial charge on any atom is 0.161 e. The lowest BCUT2D eigenvalue weighted by Crippen LogP contribution is -2.30. The summed E-state index contributed by atoms with van der Waals surface area (Å²) >= 11 is 0. The van der Waals surface area contributed by atoms with Crippen molar-refractivity contribution in [1.82, 2.24) is 9.97 Å². The number of nitrogens with one attached hydrogen (secondary N) is 1. The molecular formula is C35H49N3O4. The number of phenols is 1. The number of ether oxygens (including phenoxy) is 1. The molecule has 6 N–H and O–H groups in total. The highest BCUT2D eigenvalue weighted by Crippen LogP contribution is 2.54. The summed E-state index contributed by atoms with van der Waals surface area (Å²) in [4.78, 5) is 7.41.